The van der Waals surface area contributed by atoms with Crippen molar-refractivity contribution in [2.45, 2.75) is 70.6 Å². The van der Waals surface area contributed by atoms with E-state index < -0.39 is 0 Å². The molecule has 8 heteroatoms. The Morgan fingerprint density at radius 2 is 2.00 bits per heavy atom. The van der Waals surface area contributed by atoms with E-state index in [1.54, 1.807) is 0 Å². The fourth-order valence-corrected chi connectivity index (χ4v) is 5.07. The van der Waals surface area contributed by atoms with Crippen molar-refractivity contribution in [2.24, 2.45) is 0 Å². The fourth-order valence-electron chi connectivity index (χ4n) is 5.07. The first kappa shape index (κ1) is 21.3. The summed E-state index contributed by atoms with van der Waals surface area (Å²) in [7, 11) is 0. The summed E-state index contributed by atoms with van der Waals surface area (Å²) >= 11 is 0. The second kappa shape index (κ2) is 9.50. The maximum absolute atomic E-state index is 13.3. The summed E-state index contributed by atoms with van der Waals surface area (Å²) in [6.45, 7) is 5.43. The number of nitrogens with one attached hydrogen (secondary N) is 1. The highest BCUT2D eigenvalue weighted by Gasteiger charge is 2.31. The summed E-state index contributed by atoms with van der Waals surface area (Å²) in [6.07, 6.45) is 7.86. The van der Waals surface area contributed by atoms with Crippen molar-refractivity contribution >= 4 is 10.9 Å². The van der Waals surface area contributed by atoms with Crippen LogP contribution in [0.25, 0.3) is 10.9 Å². The first-order valence-corrected chi connectivity index (χ1v) is 12.0. The van der Waals surface area contributed by atoms with Crippen LogP contribution in [0.5, 0.6) is 0 Å². The Labute approximate surface area is 188 Å². The minimum absolute atomic E-state index is 0.0670. The lowest BCUT2D eigenvalue weighted by Gasteiger charge is -2.30. The molecule has 0 aliphatic carbocycles. The summed E-state index contributed by atoms with van der Waals surface area (Å²) in [6, 6.07) is 8.02. The smallest absolute Gasteiger partial charge is 0.253 e. The highest BCUT2D eigenvalue weighted by molar-refractivity contribution is 5.80. The third-order valence-electron chi connectivity index (χ3n) is 6.85. The van der Waals surface area contributed by atoms with Crippen LogP contribution in [0.2, 0.25) is 0 Å². The third-order valence-corrected chi connectivity index (χ3v) is 6.85. The van der Waals surface area contributed by atoms with Gasteiger partial charge in [-0.1, -0.05) is 25.8 Å². The summed E-state index contributed by atoms with van der Waals surface area (Å²) < 4.78 is 7.70. The van der Waals surface area contributed by atoms with Gasteiger partial charge in [-0.05, 0) is 84.8 Å². The predicted molar refractivity (Wildman–Crippen MR) is 123 cm³/mol. The minimum Gasteiger partial charge on any atom is -0.376 e. The van der Waals surface area contributed by atoms with Crippen LogP contribution in [0.1, 0.15) is 68.4 Å². The molecule has 2 aliphatic rings. The second-order valence-electron chi connectivity index (χ2n) is 9.04. The number of hydrogen-bond donors (Lipinski definition) is 1. The number of hydrogen-bond acceptors (Lipinski definition) is 6. The van der Waals surface area contributed by atoms with E-state index in [0.29, 0.717) is 6.54 Å². The van der Waals surface area contributed by atoms with Gasteiger partial charge in [0.25, 0.3) is 5.56 Å². The number of aromatic nitrogens is 5. The molecule has 170 valence electrons. The molecule has 0 radical (unpaired) electrons. The molecule has 0 saturated carbocycles. The van der Waals surface area contributed by atoms with Crippen LogP contribution >= 0.6 is 0 Å². The monoisotopic (exact) mass is 436 g/mol. The van der Waals surface area contributed by atoms with Gasteiger partial charge in [-0.2, -0.15) is 0 Å². The molecule has 4 heterocycles. The van der Waals surface area contributed by atoms with Crippen LogP contribution in [0.3, 0.4) is 0 Å². The second-order valence-corrected chi connectivity index (χ2v) is 9.04. The van der Waals surface area contributed by atoms with Gasteiger partial charge in [-0.25, -0.2) is 4.68 Å². The molecule has 8 nitrogen and oxygen atoms in total. The molecule has 1 N–H and O–H groups in total. The van der Waals surface area contributed by atoms with Gasteiger partial charge in [-0.3, -0.25) is 9.69 Å². The fraction of sp³-hybridized carbons (Fsp3) is 0.583. The van der Waals surface area contributed by atoms with E-state index in [0.717, 1.165) is 74.1 Å². The van der Waals surface area contributed by atoms with Crippen molar-refractivity contribution in [1.82, 2.24) is 30.1 Å². The number of likely N-dealkylation sites (tertiary alicyclic amines) is 1. The zero-order valence-corrected chi connectivity index (χ0v) is 18.8. The van der Waals surface area contributed by atoms with E-state index >= 15 is 0 Å². The van der Waals surface area contributed by atoms with Crippen LogP contribution < -0.4 is 5.56 Å². The van der Waals surface area contributed by atoms with E-state index in [4.69, 9.17) is 4.74 Å². The first-order valence-electron chi connectivity index (χ1n) is 12.0. The Kier molecular flexibility index (Phi) is 6.32. The van der Waals surface area contributed by atoms with Crippen molar-refractivity contribution in [1.29, 1.82) is 0 Å². The van der Waals surface area contributed by atoms with E-state index in [2.05, 4.69) is 44.5 Å². The minimum atomic E-state index is -0.275. The Balaban J connectivity index is 1.60. The van der Waals surface area contributed by atoms with E-state index in [1.165, 1.54) is 18.4 Å². The van der Waals surface area contributed by atoms with Gasteiger partial charge in [-0.15, -0.1) is 5.10 Å². The molecule has 2 atom stereocenters. The quantitative estimate of drug-likeness (QED) is 0.638. The van der Waals surface area contributed by atoms with Crippen LogP contribution in [0.15, 0.2) is 29.1 Å². The molecular formula is C24H32N6O2. The number of ether oxygens (including phenoxy) is 1. The number of tetrazole rings is 1. The molecule has 0 amide bonds. The van der Waals surface area contributed by atoms with Crippen molar-refractivity contribution < 1.29 is 4.74 Å². The van der Waals surface area contributed by atoms with Gasteiger partial charge >= 0.3 is 0 Å². The summed E-state index contributed by atoms with van der Waals surface area (Å²) in [5.41, 5.74) is 2.77. The molecule has 2 unspecified atom stereocenters. The van der Waals surface area contributed by atoms with Crippen molar-refractivity contribution in [3.05, 3.63) is 51.6 Å². The topological polar surface area (TPSA) is 88.9 Å². The van der Waals surface area contributed by atoms with Crippen LogP contribution in [-0.2, 0) is 17.7 Å². The number of rotatable bonds is 6. The van der Waals surface area contributed by atoms with Crippen LogP contribution in [0.4, 0.5) is 0 Å². The predicted octanol–water partition coefficient (Wildman–Crippen LogP) is 3.22. The Bertz CT molecular complexity index is 1110. The van der Waals surface area contributed by atoms with Gasteiger partial charge in [0.2, 0.25) is 0 Å². The Morgan fingerprint density at radius 3 is 2.75 bits per heavy atom. The molecule has 0 bridgehead atoms. The zero-order chi connectivity index (χ0) is 21.9. The molecular weight excluding hydrogens is 404 g/mol. The Hall–Kier alpha value is -2.58. The third kappa shape index (κ3) is 4.34. The van der Waals surface area contributed by atoms with Crippen molar-refractivity contribution in [3.8, 4) is 0 Å². The van der Waals surface area contributed by atoms with E-state index in [1.807, 2.05) is 16.8 Å². The summed E-state index contributed by atoms with van der Waals surface area (Å²) in [5.74, 6) is 0.735. The number of pyridine rings is 1. The molecule has 2 aromatic heterocycles. The molecule has 2 aliphatic heterocycles. The molecule has 0 spiro atoms. The van der Waals surface area contributed by atoms with E-state index in [-0.39, 0.29) is 17.7 Å². The SMILES string of the molecule is CCc1ccc2[nH]c(=O)c(C(c3nnnn3CC3CCCO3)N3CCCCCC3)cc2c1. The molecule has 1 aromatic carbocycles. The largest absolute Gasteiger partial charge is 0.376 e. The standard InChI is InChI=1S/C24H32N6O2/c1-2-17-9-10-21-18(14-17)15-20(24(31)25-21)22(29-11-5-3-4-6-12-29)23-26-27-28-30(23)16-19-8-7-13-32-19/h9-10,14-15,19,22H,2-8,11-13,16H2,1H3,(H,25,31). The highest BCUT2D eigenvalue weighted by atomic mass is 16.5. The van der Waals surface area contributed by atoms with Crippen molar-refractivity contribution in [2.75, 3.05) is 19.7 Å². The summed E-state index contributed by atoms with van der Waals surface area (Å²) in [4.78, 5) is 18.8. The van der Waals surface area contributed by atoms with Gasteiger partial charge < -0.3 is 9.72 Å². The summed E-state index contributed by atoms with van der Waals surface area (Å²) in [5, 5.41) is 13.8. The van der Waals surface area contributed by atoms with Gasteiger partial charge in [0.1, 0.15) is 6.04 Å². The molecule has 2 saturated heterocycles. The maximum Gasteiger partial charge on any atom is 0.253 e. The number of H-pyrrole nitrogens is 1. The number of aromatic amines is 1. The molecule has 2 fully saturated rings. The van der Waals surface area contributed by atoms with E-state index in [9.17, 15) is 4.79 Å². The zero-order valence-electron chi connectivity index (χ0n) is 18.8. The maximum atomic E-state index is 13.3. The number of benzene rings is 1. The van der Waals surface area contributed by atoms with Crippen LogP contribution in [-0.4, -0.2) is 55.9 Å². The molecule has 32 heavy (non-hydrogen) atoms. The average molecular weight is 437 g/mol. The molecule has 5 rings (SSSR count). The number of fused-ring (bicyclic) bond motifs is 1. The normalized spacial score (nSPS) is 21.1. The van der Waals surface area contributed by atoms with Gasteiger partial charge in [0.05, 0.1) is 12.6 Å². The number of nitrogens with zero attached hydrogens (tertiary/aromatic N) is 5. The van der Waals surface area contributed by atoms with Crippen molar-refractivity contribution in [3.63, 3.8) is 0 Å². The number of aryl methyl sites for hydroxylation is 1. The van der Waals surface area contributed by atoms with Crippen LogP contribution in [0, 0.1) is 0 Å². The van der Waals surface area contributed by atoms with Gasteiger partial charge in [0.15, 0.2) is 5.82 Å². The van der Waals surface area contributed by atoms with Gasteiger partial charge in [0, 0.05) is 17.7 Å². The highest BCUT2D eigenvalue weighted by Crippen LogP contribution is 2.30. The lowest BCUT2D eigenvalue weighted by atomic mass is 10.0. The average Bonchev–Trinajstić information content (AvgIpc) is 3.41. The first-order chi connectivity index (χ1) is 15.7. The Morgan fingerprint density at radius 1 is 1.16 bits per heavy atom. The lowest BCUT2D eigenvalue weighted by Crippen LogP contribution is -2.36. The molecule has 3 aromatic rings. The lowest BCUT2D eigenvalue weighted by molar-refractivity contribution is 0.0909.